The molecule has 0 unspecified atom stereocenters. The maximum absolute atomic E-state index is 11.1. The van der Waals surface area contributed by atoms with Gasteiger partial charge in [-0.15, -0.1) is 0 Å². The number of nitrogens with two attached hydrogens (primary N) is 1. The number of rotatable bonds is 7. The molecule has 1 aromatic rings. The van der Waals surface area contributed by atoms with E-state index < -0.39 is 30.6 Å². The van der Waals surface area contributed by atoms with Crippen molar-refractivity contribution in [3.05, 3.63) is 29.3 Å². The molecule has 0 saturated carbocycles. The summed E-state index contributed by atoms with van der Waals surface area (Å²) < 4.78 is 4.84. The highest BCUT2D eigenvalue weighted by Crippen LogP contribution is 2.21. The van der Waals surface area contributed by atoms with Crippen molar-refractivity contribution in [2.24, 2.45) is 5.73 Å². The molecule has 0 fully saturated rings. The highest BCUT2D eigenvalue weighted by Gasteiger charge is 2.17. The summed E-state index contributed by atoms with van der Waals surface area (Å²) in [5.41, 5.74) is 5.51. The summed E-state index contributed by atoms with van der Waals surface area (Å²) in [6, 6.07) is 2.77. The summed E-state index contributed by atoms with van der Waals surface area (Å²) in [7, 11) is 0. The first-order valence-corrected chi connectivity index (χ1v) is 5.50. The van der Waals surface area contributed by atoms with Crippen molar-refractivity contribution in [2.45, 2.75) is 12.5 Å². The molecule has 0 aliphatic rings. The molecule has 1 aromatic carbocycles. The standard InChI is InChI=1S/C12H13NO7/c13-8(12(18)19)4-6-1-2-9(20-5-10(14)15)7(3-6)11(16)17/h1-3,8H,4-5,13H2,(H,14,15)(H,16,17)(H,18,19)/t8-/m0/s1. The minimum absolute atomic E-state index is 0.0468. The molecule has 1 rings (SSSR count). The molecule has 0 bridgehead atoms. The van der Waals surface area contributed by atoms with Crippen LogP contribution in [0.2, 0.25) is 0 Å². The lowest BCUT2D eigenvalue weighted by Crippen LogP contribution is -2.32. The van der Waals surface area contributed by atoms with Gasteiger partial charge in [-0.2, -0.15) is 0 Å². The lowest BCUT2D eigenvalue weighted by Gasteiger charge is -2.11. The third-order valence-electron chi connectivity index (χ3n) is 2.40. The van der Waals surface area contributed by atoms with Crippen LogP contribution in [0.25, 0.3) is 0 Å². The Labute approximate surface area is 113 Å². The molecule has 0 aliphatic heterocycles. The SMILES string of the molecule is N[C@@H](Cc1ccc(OCC(=O)O)c(C(=O)O)c1)C(=O)O. The van der Waals surface area contributed by atoms with Crippen molar-refractivity contribution in [1.82, 2.24) is 0 Å². The summed E-state index contributed by atoms with van der Waals surface area (Å²) in [4.78, 5) is 32.1. The van der Waals surface area contributed by atoms with Crippen molar-refractivity contribution in [3.63, 3.8) is 0 Å². The van der Waals surface area contributed by atoms with Crippen LogP contribution in [-0.2, 0) is 16.0 Å². The third kappa shape index (κ3) is 4.25. The van der Waals surface area contributed by atoms with E-state index in [4.69, 9.17) is 25.8 Å². The summed E-state index contributed by atoms with van der Waals surface area (Å²) >= 11 is 0. The highest BCUT2D eigenvalue weighted by atomic mass is 16.5. The Morgan fingerprint density at radius 1 is 1.20 bits per heavy atom. The molecule has 8 nitrogen and oxygen atoms in total. The van der Waals surface area contributed by atoms with Crippen LogP contribution in [0.1, 0.15) is 15.9 Å². The molecule has 108 valence electrons. The number of benzene rings is 1. The molecule has 0 amide bonds. The minimum atomic E-state index is -1.31. The van der Waals surface area contributed by atoms with Crippen molar-refractivity contribution < 1.29 is 34.4 Å². The van der Waals surface area contributed by atoms with Gasteiger partial charge in [0.25, 0.3) is 0 Å². The first-order valence-electron chi connectivity index (χ1n) is 5.50. The lowest BCUT2D eigenvalue weighted by atomic mass is 10.0. The Morgan fingerprint density at radius 2 is 1.85 bits per heavy atom. The second kappa shape index (κ2) is 6.53. The smallest absolute Gasteiger partial charge is 0.341 e. The van der Waals surface area contributed by atoms with Gasteiger partial charge in [0.1, 0.15) is 17.4 Å². The summed E-state index contributed by atoms with van der Waals surface area (Å²) in [6.45, 7) is -0.672. The first kappa shape index (κ1) is 15.4. The van der Waals surface area contributed by atoms with Crippen LogP contribution in [0, 0.1) is 0 Å². The van der Waals surface area contributed by atoms with Crippen molar-refractivity contribution in [2.75, 3.05) is 6.61 Å². The highest BCUT2D eigenvalue weighted by molar-refractivity contribution is 5.91. The summed E-state index contributed by atoms with van der Waals surface area (Å²) in [5, 5.41) is 26.2. The maximum Gasteiger partial charge on any atom is 0.341 e. The summed E-state index contributed by atoms with van der Waals surface area (Å²) in [5.74, 6) is -3.85. The Bertz CT molecular complexity index is 541. The number of aliphatic carboxylic acids is 2. The quantitative estimate of drug-likeness (QED) is 0.538. The van der Waals surface area contributed by atoms with Crippen LogP contribution < -0.4 is 10.5 Å². The number of aromatic carboxylic acids is 1. The van der Waals surface area contributed by atoms with E-state index in [9.17, 15) is 14.4 Å². The predicted molar refractivity (Wildman–Crippen MR) is 65.8 cm³/mol. The molecule has 0 aliphatic carbocycles. The van der Waals surface area contributed by atoms with E-state index in [-0.39, 0.29) is 17.7 Å². The van der Waals surface area contributed by atoms with E-state index in [1.807, 2.05) is 0 Å². The van der Waals surface area contributed by atoms with E-state index in [1.165, 1.54) is 18.2 Å². The van der Waals surface area contributed by atoms with Gasteiger partial charge in [-0.25, -0.2) is 9.59 Å². The predicted octanol–water partition coefficient (Wildman–Crippen LogP) is -0.197. The van der Waals surface area contributed by atoms with Gasteiger partial charge >= 0.3 is 17.9 Å². The Balaban J connectivity index is 2.97. The molecule has 1 atom stereocenters. The van der Waals surface area contributed by atoms with Crippen molar-refractivity contribution >= 4 is 17.9 Å². The molecule has 0 spiro atoms. The fourth-order valence-corrected chi connectivity index (χ4v) is 1.48. The van der Waals surface area contributed by atoms with Crippen molar-refractivity contribution in [3.8, 4) is 5.75 Å². The Hall–Kier alpha value is -2.61. The largest absolute Gasteiger partial charge is 0.481 e. The van der Waals surface area contributed by atoms with Crippen LogP contribution in [0.3, 0.4) is 0 Å². The van der Waals surface area contributed by atoms with Crippen LogP contribution in [0.15, 0.2) is 18.2 Å². The van der Waals surface area contributed by atoms with Gasteiger partial charge in [-0.05, 0) is 24.1 Å². The van der Waals surface area contributed by atoms with Crippen LogP contribution in [0.5, 0.6) is 5.75 Å². The molecular formula is C12H13NO7. The van der Waals surface area contributed by atoms with Crippen LogP contribution in [-0.4, -0.2) is 45.9 Å². The topological polar surface area (TPSA) is 147 Å². The van der Waals surface area contributed by atoms with Gasteiger partial charge in [0.2, 0.25) is 0 Å². The average molecular weight is 283 g/mol. The molecule has 0 heterocycles. The zero-order chi connectivity index (χ0) is 15.3. The second-order valence-corrected chi connectivity index (χ2v) is 3.97. The van der Waals surface area contributed by atoms with E-state index in [0.717, 1.165) is 0 Å². The third-order valence-corrected chi connectivity index (χ3v) is 2.40. The van der Waals surface area contributed by atoms with E-state index in [0.29, 0.717) is 5.56 Å². The average Bonchev–Trinajstić information content (AvgIpc) is 2.36. The zero-order valence-corrected chi connectivity index (χ0v) is 10.3. The molecule has 0 saturated heterocycles. The lowest BCUT2D eigenvalue weighted by molar-refractivity contribution is -0.139. The van der Waals surface area contributed by atoms with Gasteiger partial charge in [0.15, 0.2) is 6.61 Å². The number of carboxylic acid groups (broad SMARTS) is 3. The zero-order valence-electron chi connectivity index (χ0n) is 10.3. The minimum Gasteiger partial charge on any atom is -0.481 e. The van der Waals surface area contributed by atoms with Gasteiger partial charge in [0, 0.05) is 0 Å². The van der Waals surface area contributed by atoms with Crippen LogP contribution in [0.4, 0.5) is 0 Å². The number of carbonyl (C=O) groups is 3. The van der Waals surface area contributed by atoms with Gasteiger partial charge in [-0.1, -0.05) is 6.07 Å². The second-order valence-electron chi connectivity index (χ2n) is 3.97. The molecule has 20 heavy (non-hydrogen) atoms. The molecule has 8 heteroatoms. The van der Waals surface area contributed by atoms with Gasteiger partial charge in [0.05, 0.1) is 0 Å². The fourth-order valence-electron chi connectivity index (χ4n) is 1.48. The first-order chi connectivity index (χ1) is 9.31. The molecule has 0 aromatic heterocycles. The van der Waals surface area contributed by atoms with Gasteiger partial charge < -0.3 is 25.8 Å². The number of hydrogen-bond acceptors (Lipinski definition) is 5. The van der Waals surface area contributed by atoms with Crippen LogP contribution >= 0.6 is 0 Å². The Kier molecular flexibility index (Phi) is 5.04. The van der Waals surface area contributed by atoms with Crippen molar-refractivity contribution in [1.29, 1.82) is 0 Å². The number of ether oxygens (including phenoxy) is 1. The fraction of sp³-hybridized carbons (Fsp3) is 0.250. The summed E-state index contributed by atoms with van der Waals surface area (Å²) in [6.07, 6.45) is -0.0468. The number of carboxylic acids is 3. The number of hydrogen-bond donors (Lipinski definition) is 4. The van der Waals surface area contributed by atoms with E-state index in [1.54, 1.807) is 0 Å². The molecular weight excluding hydrogens is 270 g/mol. The normalized spacial score (nSPS) is 11.7. The molecule has 5 N–H and O–H groups in total. The van der Waals surface area contributed by atoms with E-state index >= 15 is 0 Å². The Morgan fingerprint density at radius 3 is 2.35 bits per heavy atom. The molecule has 0 radical (unpaired) electrons. The van der Waals surface area contributed by atoms with E-state index in [2.05, 4.69) is 0 Å². The maximum atomic E-state index is 11.1. The monoisotopic (exact) mass is 283 g/mol. The van der Waals surface area contributed by atoms with Gasteiger partial charge in [-0.3, -0.25) is 4.79 Å².